The van der Waals surface area contributed by atoms with Crippen molar-refractivity contribution in [3.05, 3.63) is 30.1 Å². The third-order valence-corrected chi connectivity index (χ3v) is 5.01. The Morgan fingerprint density at radius 2 is 1.04 bits per heavy atom. The van der Waals surface area contributed by atoms with Crippen LogP contribution in [0.4, 0.5) is 0 Å². The van der Waals surface area contributed by atoms with Crippen LogP contribution in [0.2, 0.25) is 0 Å². The average molecular weight is 333 g/mol. The first-order valence-electron chi connectivity index (χ1n) is 10.8. The molecular formula is C23H42N+. The highest BCUT2D eigenvalue weighted by Gasteiger charge is 1.99. The molecule has 0 atom stereocenters. The van der Waals surface area contributed by atoms with Gasteiger partial charge in [-0.15, -0.1) is 0 Å². The fourth-order valence-corrected chi connectivity index (χ4v) is 3.41. The van der Waals surface area contributed by atoms with Gasteiger partial charge < -0.3 is 0 Å². The Morgan fingerprint density at radius 1 is 0.583 bits per heavy atom. The smallest absolute Gasteiger partial charge is 0.169 e. The van der Waals surface area contributed by atoms with E-state index in [4.69, 9.17) is 0 Å². The minimum Gasteiger partial charge on any atom is -0.205 e. The van der Waals surface area contributed by atoms with Crippen LogP contribution in [0.3, 0.4) is 0 Å². The molecule has 1 aromatic heterocycles. The van der Waals surface area contributed by atoms with E-state index in [-0.39, 0.29) is 0 Å². The zero-order valence-corrected chi connectivity index (χ0v) is 16.6. The Balaban J connectivity index is 1.85. The van der Waals surface area contributed by atoms with Gasteiger partial charge in [-0.3, -0.25) is 0 Å². The molecule has 1 aromatic rings. The van der Waals surface area contributed by atoms with Crippen LogP contribution >= 0.6 is 0 Å². The molecule has 0 saturated carbocycles. The second-order valence-corrected chi connectivity index (χ2v) is 7.44. The third-order valence-electron chi connectivity index (χ3n) is 5.01. The van der Waals surface area contributed by atoms with Crippen LogP contribution in [-0.2, 0) is 13.0 Å². The minimum atomic E-state index is 1.14. The number of hydrogen-bond acceptors (Lipinski definition) is 0. The van der Waals surface area contributed by atoms with Gasteiger partial charge in [-0.25, -0.2) is 4.57 Å². The number of pyridine rings is 1. The fourth-order valence-electron chi connectivity index (χ4n) is 3.41. The first-order chi connectivity index (χ1) is 11.9. The number of rotatable bonds is 16. The van der Waals surface area contributed by atoms with Gasteiger partial charge in [0.05, 0.1) is 0 Å². The summed E-state index contributed by atoms with van der Waals surface area (Å²) in [5.74, 6) is 0. The minimum absolute atomic E-state index is 1.14. The molecule has 138 valence electrons. The first-order valence-corrected chi connectivity index (χ1v) is 10.8. The van der Waals surface area contributed by atoms with Crippen molar-refractivity contribution in [1.29, 1.82) is 0 Å². The van der Waals surface area contributed by atoms with E-state index in [9.17, 15) is 0 Å². The van der Waals surface area contributed by atoms with Gasteiger partial charge in [-0.1, -0.05) is 90.9 Å². The van der Waals surface area contributed by atoms with E-state index < -0.39 is 0 Å². The van der Waals surface area contributed by atoms with E-state index in [1.807, 2.05) is 0 Å². The Kier molecular flexibility index (Phi) is 13.8. The molecule has 0 radical (unpaired) electrons. The van der Waals surface area contributed by atoms with Crippen molar-refractivity contribution in [3.63, 3.8) is 0 Å². The van der Waals surface area contributed by atoms with Crippen molar-refractivity contribution in [2.45, 2.75) is 117 Å². The Bertz CT molecular complexity index is 368. The zero-order chi connectivity index (χ0) is 17.3. The maximum absolute atomic E-state index is 2.30. The van der Waals surface area contributed by atoms with Crippen molar-refractivity contribution in [3.8, 4) is 0 Å². The summed E-state index contributed by atoms with van der Waals surface area (Å²) in [6.45, 7) is 5.66. The molecule has 0 fully saturated rings. The monoisotopic (exact) mass is 332 g/mol. The summed E-state index contributed by atoms with van der Waals surface area (Å²) in [7, 11) is 0. The van der Waals surface area contributed by atoms with Crippen molar-refractivity contribution >= 4 is 0 Å². The van der Waals surface area contributed by atoms with Crippen LogP contribution in [0.15, 0.2) is 24.5 Å². The van der Waals surface area contributed by atoms with Crippen molar-refractivity contribution < 1.29 is 4.57 Å². The predicted molar refractivity (Wildman–Crippen MR) is 106 cm³/mol. The van der Waals surface area contributed by atoms with Crippen LogP contribution in [0.1, 0.15) is 109 Å². The van der Waals surface area contributed by atoms with Crippen molar-refractivity contribution in [2.24, 2.45) is 0 Å². The summed E-state index contributed by atoms with van der Waals surface area (Å²) in [5, 5.41) is 0. The number of unbranched alkanes of at least 4 members (excludes halogenated alkanes) is 12. The lowest BCUT2D eigenvalue weighted by molar-refractivity contribution is -0.697. The molecule has 0 saturated heterocycles. The highest BCUT2D eigenvalue weighted by Crippen LogP contribution is 2.13. The summed E-state index contributed by atoms with van der Waals surface area (Å²) in [6.07, 6.45) is 25.6. The second-order valence-electron chi connectivity index (χ2n) is 7.44. The van der Waals surface area contributed by atoms with Gasteiger partial charge in [-0.2, -0.15) is 0 Å². The van der Waals surface area contributed by atoms with Gasteiger partial charge >= 0.3 is 0 Å². The molecule has 0 bridgehead atoms. The van der Waals surface area contributed by atoms with Gasteiger partial charge in [-0.05, 0) is 18.4 Å². The summed E-state index contributed by atoms with van der Waals surface area (Å²) in [6, 6.07) is 4.60. The second kappa shape index (κ2) is 15.7. The van der Waals surface area contributed by atoms with Crippen LogP contribution in [0, 0.1) is 0 Å². The molecule has 0 amide bonds. The standard InChI is InChI=1S/C23H42N/c1-3-5-6-7-8-9-10-11-12-13-14-15-16-17-23-18-21-24(20-4-2)22-19-23/h18-19,21-22H,3-17,20H2,1-2H3/q+1. The highest BCUT2D eigenvalue weighted by atomic mass is 14.9. The molecule has 0 unspecified atom stereocenters. The molecule has 0 N–H and O–H groups in total. The van der Waals surface area contributed by atoms with E-state index >= 15 is 0 Å². The highest BCUT2D eigenvalue weighted by molar-refractivity contribution is 5.07. The van der Waals surface area contributed by atoms with Gasteiger partial charge in [0.2, 0.25) is 0 Å². The third kappa shape index (κ3) is 11.6. The Hall–Kier alpha value is -0.850. The summed E-state index contributed by atoms with van der Waals surface area (Å²) >= 11 is 0. The molecule has 0 spiro atoms. The van der Waals surface area contributed by atoms with Gasteiger partial charge in [0.1, 0.15) is 6.54 Å². The molecule has 1 nitrogen and oxygen atoms in total. The molecule has 1 heterocycles. The van der Waals surface area contributed by atoms with Crippen molar-refractivity contribution in [1.82, 2.24) is 0 Å². The Labute approximate surface area is 151 Å². The first kappa shape index (κ1) is 21.2. The van der Waals surface area contributed by atoms with Crippen molar-refractivity contribution in [2.75, 3.05) is 0 Å². The Morgan fingerprint density at radius 3 is 1.50 bits per heavy atom. The molecule has 1 heteroatoms. The van der Waals surface area contributed by atoms with Crippen LogP contribution in [-0.4, -0.2) is 0 Å². The van der Waals surface area contributed by atoms with E-state index in [1.165, 1.54) is 102 Å². The molecular weight excluding hydrogens is 290 g/mol. The summed E-state index contributed by atoms with van der Waals surface area (Å²) in [5.41, 5.74) is 1.51. The van der Waals surface area contributed by atoms with Crippen LogP contribution in [0.5, 0.6) is 0 Å². The maximum Gasteiger partial charge on any atom is 0.169 e. The number of aryl methyl sites for hydroxylation is 2. The lowest BCUT2D eigenvalue weighted by Crippen LogP contribution is -2.32. The summed E-state index contributed by atoms with van der Waals surface area (Å²) in [4.78, 5) is 0. The van der Waals surface area contributed by atoms with Crippen LogP contribution < -0.4 is 4.57 Å². The molecule has 0 aliphatic rings. The van der Waals surface area contributed by atoms with E-state index in [0.29, 0.717) is 0 Å². The quantitative estimate of drug-likeness (QED) is 0.226. The molecule has 1 rings (SSSR count). The SMILES string of the molecule is CCCCCCCCCCCCCCCc1cc[n+](CCC)cc1. The number of nitrogens with zero attached hydrogens (tertiary/aromatic N) is 1. The summed E-state index contributed by atoms with van der Waals surface area (Å²) < 4.78 is 2.29. The molecule has 24 heavy (non-hydrogen) atoms. The van der Waals surface area contributed by atoms with E-state index in [0.717, 1.165) is 6.54 Å². The normalized spacial score (nSPS) is 11.1. The maximum atomic E-state index is 2.30. The largest absolute Gasteiger partial charge is 0.205 e. The lowest BCUT2D eigenvalue weighted by atomic mass is 10.0. The van der Waals surface area contributed by atoms with Gasteiger partial charge in [0.25, 0.3) is 0 Å². The fraction of sp³-hybridized carbons (Fsp3) is 0.783. The van der Waals surface area contributed by atoms with Gasteiger partial charge in [0, 0.05) is 18.6 Å². The molecule has 0 aromatic carbocycles. The van der Waals surface area contributed by atoms with E-state index in [2.05, 4.69) is 42.9 Å². The lowest BCUT2D eigenvalue weighted by Gasteiger charge is -2.03. The van der Waals surface area contributed by atoms with E-state index in [1.54, 1.807) is 0 Å². The number of hydrogen-bond donors (Lipinski definition) is 0. The predicted octanol–water partition coefficient (Wildman–Crippen LogP) is 7.02. The zero-order valence-electron chi connectivity index (χ0n) is 16.6. The van der Waals surface area contributed by atoms with Crippen LogP contribution in [0.25, 0.3) is 0 Å². The average Bonchev–Trinajstić information content (AvgIpc) is 2.60. The molecule has 0 aliphatic carbocycles. The topological polar surface area (TPSA) is 3.88 Å². The molecule has 0 aliphatic heterocycles. The van der Waals surface area contributed by atoms with Gasteiger partial charge in [0.15, 0.2) is 12.4 Å². The number of aromatic nitrogens is 1.